The van der Waals surface area contributed by atoms with Gasteiger partial charge < -0.3 is 4.74 Å². The fraction of sp³-hybridized carbons (Fsp3) is 0.118. The van der Waals surface area contributed by atoms with Crippen LogP contribution in [0.3, 0.4) is 0 Å². The number of carbonyl (C=O) groups excluding carboxylic acids is 1. The van der Waals surface area contributed by atoms with Crippen LogP contribution in [0.1, 0.15) is 22.8 Å². The van der Waals surface area contributed by atoms with E-state index in [4.69, 9.17) is 4.74 Å². The average Bonchev–Trinajstić information content (AvgIpc) is 2.54. The van der Waals surface area contributed by atoms with Gasteiger partial charge in [-0.15, -0.1) is 0 Å². The Kier molecular flexibility index (Phi) is 5.03. The molecule has 0 heterocycles. The standard InChI is InChI=1S/C17H15NO4/c1-2-22-14-10-7-13(8-11-14)9-12-17(19)15-5-3-4-6-16(15)18(20)21/h3-12H,2H2,1H3/b12-9+. The number of para-hydroxylation sites is 1. The van der Waals surface area contributed by atoms with E-state index in [0.717, 1.165) is 11.3 Å². The molecule has 22 heavy (non-hydrogen) atoms. The molecule has 0 fully saturated rings. The predicted octanol–water partition coefficient (Wildman–Crippen LogP) is 3.89. The second-order valence-corrected chi connectivity index (χ2v) is 4.47. The minimum atomic E-state index is -0.558. The van der Waals surface area contributed by atoms with Crippen molar-refractivity contribution in [3.8, 4) is 5.75 Å². The van der Waals surface area contributed by atoms with Crippen LogP contribution in [-0.2, 0) is 0 Å². The molecule has 5 nitrogen and oxygen atoms in total. The normalized spacial score (nSPS) is 10.6. The molecule has 0 amide bonds. The number of ketones is 1. The summed E-state index contributed by atoms with van der Waals surface area (Å²) >= 11 is 0. The molecule has 0 bridgehead atoms. The molecule has 0 saturated heterocycles. The number of ether oxygens (including phenoxy) is 1. The van der Waals surface area contributed by atoms with Crippen molar-refractivity contribution in [2.75, 3.05) is 6.61 Å². The first-order valence-electron chi connectivity index (χ1n) is 6.80. The van der Waals surface area contributed by atoms with Crippen molar-refractivity contribution >= 4 is 17.5 Å². The monoisotopic (exact) mass is 297 g/mol. The molecule has 2 aromatic rings. The van der Waals surface area contributed by atoms with Gasteiger partial charge in [0.25, 0.3) is 5.69 Å². The van der Waals surface area contributed by atoms with Crippen LogP contribution in [0.2, 0.25) is 0 Å². The number of carbonyl (C=O) groups is 1. The zero-order valence-corrected chi connectivity index (χ0v) is 12.1. The number of benzene rings is 2. The summed E-state index contributed by atoms with van der Waals surface area (Å²) < 4.78 is 5.33. The Morgan fingerprint density at radius 2 is 1.86 bits per heavy atom. The Labute approximate surface area is 128 Å². The van der Waals surface area contributed by atoms with Crippen molar-refractivity contribution in [3.63, 3.8) is 0 Å². The fourth-order valence-electron chi connectivity index (χ4n) is 1.94. The summed E-state index contributed by atoms with van der Waals surface area (Å²) in [6.45, 7) is 2.49. The van der Waals surface area contributed by atoms with E-state index < -0.39 is 10.7 Å². The molecule has 2 aromatic carbocycles. The van der Waals surface area contributed by atoms with Gasteiger partial charge in [0.2, 0.25) is 0 Å². The fourth-order valence-corrected chi connectivity index (χ4v) is 1.94. The molecule has 0 aliphatic heterocycles. The van der Waals surface area contributed by atoms with Gasteiger partial charge in [-0.25, -0.2) is 0 Å². The number of nitro benzene ring substituents is 1. The van der Waals surface area contributed by atoms with Crippen molar-refractivity contribution in [3.05, 3.63) is 75.8 Å². The summed E-state index contributed by atoms with van der Waals surface area (Å²) in [7, 11) is 0. The number of rotatable bonds is 6. The van der Waals surface area contributed by atoms with E-state index in [0.29, 0.717) is 6.61 Å². The van der Waals surface area contributed by atoms with Gasteiger partial charge >= 0.3 is 0 Å². The average molecular weight is 297 g/mol. The maximum Gasteiger partial charge on any atom is 0.280 e. The maximum absolute atomic E-state index is 12.1. The first kappa shape index (κ1) is 15.4. The predicted molar refractivity (Wildman–Crippen MR) is 84.1 cm³/mol. The lowest BCUT2D eigenvalue weighted by atomic mass is 10.1. The number of nitro groups is 1. The summed E-state index contributed by atoms with van der Waals surface area (Å²) in [6.07, 6.45) is 2.95. The number of allylic oxidation sites excluding steroid dienone is 1. The van der Waals surface area contributed by atoms with E-state index in [2.05, 4.69) is 0 Å². The molecule has 0 unspecified atom stereocenters. The van der Waals surface area contributed by atoms with Crippen LogP contribution in [0.5, 0.6) is 5.75 Å². The van der Waals surface area contributed by atoms with Gasteiger partial charge in [-0.2, -0.15) is 0 Å². The molecule has 0 aromatic heterocycles. The van der Waals surface area contributed by atoms with E-state index in [-0.39, 0.29) is 11.3 Å². The first-order valence-corrected chi connectivity index (χ1v) is 6.80. The SMILES string of the molecule is CCOc1ccc(/C=C/C(=O)c2ccccc2[N+](=O)[O-])cc1. The Bertz CT molecular complexity index is 705. The zero-order valence-electron chi connectivity index (χ0n) is 12.1. The van der Waals surface area contributed by atoms with E-state index in [9.17, 15) is 14.9 Å². The van der Waals surface area contributed by atoms with Crippen LogP contribution in [-0.4, -0.2) is 17.3 Å². The molecular weight excluding hydrogens is 282 g/mol. The largest absolute Gasteiger partial charge is 0.494 e. The van der Waals surface area contributed by atoms with E-state index in [1.165, 1.54) is 24.3 Å². The van der Waals surface area contributed by atoms with Crippen molar-refractivity contribution < 1.29 is 14.5 Å². The molecule has 0 aliphatic rings. The number of hydrogen-bond acceptors (Lipinski definition) is 4. The molecule has 0 N–H and O–H groups in total. The smallest absolute Gasteiger partial charge is 0.280 e. The van der Waals surface area contributed by atoms with Crippen LogP contribution in [0.4, 0.5) is 5.69 Å². The minimum absolute atomic E-state index is 0.0784. The highest BCUT2D eigenvalue weighted by molar-refractivity contribution is 6.09. The summed E-state index contributed by atoms with van der Waals surface area (Å²) in [5, 5.41) is 10.9. The molecule has 2 rings (SSSR count). The highest BCUT2D eigenvalue weighted by atomic mass is 16.6. The summed E-state index contributed by atoms with van der Waals surface area (Å²) in [4.78, 5) is 22.5. The molecule has 5 heteroatoms. The summed E-state index contributed by atoms with van der Waals surface area (Å²) in [6, 6.07) is 13.1. The molecule has 0 radical (unpaired) electrons. The van der Waals surface area contributed by atoms with Crippen LogP contribution in [0, 0.1) is 10.1 Å². The van der Waals surface area contributed by atoms with Gasteiger partial charge in [0.15, 0.2) is 5.78 Å². The Morgan fingerprint density at radius 3 is 2.50 bits per heavy atom. The van der Waals surface area contributed by atoms with Crippen molar-refractivity contribution in [2.24, 2.45) is 0 Å². The van der Waals surface area contributed by atoms with Crippen molar-refractivity contribution in [2.45, 2.75) is 6.92 Å². The zero-order chi connectivity index (χ0) is 15.9. The third-order valence-electron chi connectivity index (χ3n) is 2.98. The first-order chi connectivity index (χ1) is 10.6. The third-order valence-corrected chi connectivity index (χ3v) is 2.98. The molecule has 112 valence electrons. The van der Waals surface area contributed by atoms with Gasteiger partial charge in [-0.1, -0.05) is 30.3 Å². The van der Waals surface area contributed by atoms with Crippen molar-refractivity contribution in [1.82, 2.24) is 0 Å². The van der Waals surface area contributed by atoms with Crippen molar-refractivity contribution in [1.29, 1.82) is 0 Å². The van der Waals surface area contributed by atoms with Gasteiger partial charge in [-0.3, -0.25) is 14.9 Å². The molecule has 0 aliphatic carbocycles. The number of nitrogens with zero attached hydrogens (tertiary/aromatic N) is 1. The van der Waals surface area contributed by atoms with Gasteiger partial charge in [0.1, 0.15) is 5.75 Å². The summed E-state index contributed by atoms with van der Waals surface area (Å²) in [5.41, 5.74) is 0.703. The van der Waals surface area contributed by atoms with Crippen LogP contribution in [0.15, 0.2) is 54.6 Å². The molecular formula is C17H15NO4. The minimum Gasteiger partial charge on any atom is -0.494 e. The van der Waals surface area contributed by atoms with Gasteiger partial charge in [-0.05, 0) is 36.8 Å². The summed E-state index contributed by atoms with van der Waals surface area (Å²) in [5.74, 6) is 0.353. The topological polar surface area (TPSA) is 69.4 Å². The van der Waals surface area contributed by atoms with E-state index >= 15 is 0 Å². The highest BCUT2D eigenvalue weighted by Gasteiger charge is 2.16. The molecule has 0 atom stereocenters. The lowest BCUT2D eigenvalue weighted by molar-refractivity contribution is -0.385. The second-order valence-electron chi connectivity index (χ2n) is 4.47. The second kappa shape index (κ2) is 7.17. The molecule has 0 saturated carbocycles. The quantitative estimate of drug-likeness (QED) is 0.351. The Morgan fingerprint density at radius 1 is 1.18 bits per heavy atom. The van der Waals surface area contributed by atoms with Crippen LogP contribution >= 0.6 is 0 Å². The lowest BCUT2D eigenvalue weighted by Crippen LogP contribution is -2.00. The molecule has 0 spiro atoms. The van der Waals surface area contributed by atoms with Gasteiger partial charge in [0.05, 0.1) is 17.1 Å². The van der Waals surface area contributed by atoms with Crippen LogP contribution < -0.4 is 4.74 Å². The maximum atomic E-state index is 12.1. The number of hydrogen-bond donors (Lipinski definition) is 0. The van der Waals surface area contributed by atoms with E-state index in [1.807, 2.05) is 19.1 Å². The van der Waals surface area contributed by atoms with Gasteiger partial charge in [0, 0.05) is 6.07 Å². The third kappa shape index (κ3) is 3.79. The van der Waals surface area contributed by atoms with Crippen LogP contribution in [0.25, 0.3) is 6.08 Å². The highest BCUT2D eigenvalue weighted by Crippen LogP contribution is 2.19. The Hall–Kier alpha value is -2.95. The Balaban J connectivity index is 2.16. The lowest BCUT2D eigenvalue weighted by Gasteiger charge is -2.02. The van der Waals surface area contributed by atoms with E-state index in [1.54, 1.807) is 24.3 Å².